The van der Waals surface area contributed by atoms with Crippen molar-refractivity contribution in [2.75, 3.05) is 13.2 Å². The first-order valence-corrected chi connectivity index (χ1v) is 10.4. The Morgan fingerprint density at radius 1 is 1.25 bits per heavy atom. The summed E-state index contributed by atoms with van der Waals surface area (Å²) in [5, 5.41) is 9.37. The summed E-state index contributed by atoms with van der Waals surface area (Å²) >= 11 is 0. The average molecular weight is 437 g/mol. The number of fused-ring (bicyclic) bond motifs is 1. The van der Waals surface area contributed by atoms with E-state index in [1.54, 1.807) is 19.1 Å². The van der Waals surface area contributed by atoms with Crippen molar-refractivity contribution in [1.82, 2.24) is 25.2 Å². The van der Waals surface area contributed by atoms with Crippen LogP contribution in [0.15, 0.2) is 36.5 Å². The van der Waals surface area contributed by atoms with E-state index < -0.39 is 23.8 Å². The van der Waals surface area contributed by atoms with E-state index >= 15 is 0 Å². The van der Waals surface area contributed by atoms with Crippen LogP contribution in [0.5, 0.6) is 0 Å². The number of nitrogens with one attached hydrogen (secondary N) is 2. The minimum atomic E-state index is -0.674. The third-order valence-electron chi connectivity index (χ3n) is 5.82. The number of carbonyl (C=O) groups is 3. The molecule has 0 radical (unpaired) electrons. The second kappa shape index (κ2) is 7.70. The number of carbonyl (C=O) groups excluding carboxylic acids is 3. The van der Waals surface area contributed by atoms with E-state index in [1.807, 2.05) is 6.07 Å². The molecular weight excluding hydrogens is 417 g/mol. The van der Waals surface area contributed by atoms with E-state index in [0.717, 1.165) is 17.5 Å². The number of benzene rings is 1. The Hall–Kier alpha value is -3.82. The number of imide groups is 1. The number of esters is 1. The zero-order chi connectivity index (χ0) is 22.4. The Labute approximate surface area is 182 Å². The van der Waals surface area contributed by atoms with Gasteiger partial charge in [0.15, 0.2) is 11.3 Å². The highest BCUT2D eigenvalue weighted by molar-refractivity contribution is 6.00. The summed E-state index contributed by atoms with van der Waals surface area (Å²) in [5.41, 5.74) is 2.93. The Morgan fingerprint density at radius 2 is 2.03 bits per heavy atom. The molecule has 0 spiro atoms. The fourth-order valence-corrected chi connectivity index (χ4v) is 4.15. The molecule has 3 amide bonds. The Morgan fingerprint density at radius 3 is 2.75 bits per heavy atom. The number of nitrogens with zero attached hydrogens (tertiary/aromatic N) is 3. The summed E-state index contributed by atoms with van der Waals surface area (Å²) in [6.45, 7) is 2.05. The average Bonchev–Trinajstić information content (AvgIpc) is 3.43. The fraction of sp³-hybridized carbons (Fsp3) is 0.318. The van der Waals surface area contributed by atoms with Crippen molar-refractivity contribution in [3.63, 3.8) is 0 Å². The summed E-state index contributed by atoms with van der Waals surface area (Å²) < 4.78 is 19.9. The van der Waals surface area contributed by atoms with Gasteiger partial charge in [0.05, 0.1) is 24.4 Å². The molecule has 1 aromatic carbocycles. The molecular formula is C22H20FN5O4. The van der Waals surface area contributed by atoms with Crippen molar-refractivity contribution >= 4 is 23.6 Å². The standard InChI is InChI=1S/C22H20FN5O4/c1-2-32-21(30)18-10-28-19(25-18)15(14-7-13(14)11-3-5-12(23)6-4-11)8-17(27-28)16-9-24-22(31)26-20(16)29/h3-6,8,10,13-14,16H,2,7,9H2,1H3,(H2,24,26,29,31)/t13-,14+,16?/m1/s1. The minimum Gasteiger partial charge on any atom is -0.461 e. The van der Waals surface area contributed by atoms with Gasteiger partial charge in [-0.25, -0.2) is 23.5 Å². The van der Waals surface area contributed by atoms with Crippen LogP contribution in [-0.4, -0.2) is 45.7 Å². The molecule has 1 saturated carbocycles. The van der Waals surface area contributed by atoms with Gasteiger partial charge in [0.1, 0.15) is 5.82 Å². The van der Waals surface area contributed by atoms with Gasteiger partial charge in [0, 0.05) is 12.1 Å². The van der Waals surface area contributed by atoms with E-state index in [9.17, 15) is 18.8 Å². The molecule has 9 nitrogen and oxygen atoms in total. The highest BCUT2D eigenvalue weighted by Gasteiger charge is 2.42. The van der Waals surface area contributed by atoms with Crippen LogP contribution in [0.25, 0.3) is 5.65 Å². The lowest BCUT2D eigenvalue weighted by Crippen LogP contribution is -2.51. The smallest absolute Gasteiger partial charge is 0.358 e. The summed E-state index contributed by atoms with van der Waals surface area (Å²) in [4.78, 5) is 40.5. The molecule has 3 atom stereocenters. The van der Waals surface area contributed by atoms with Crippen molar-refractivity contribution < 1.29 is 23.5 Å². The maximum absolute atomic E-state index is 13.3. The summed E-state index contributed by atoms with van der Waals surface area (Å²) in [6.07, 6.45) is 2.30. The largest absolute Gasteiger partial charge is 0.461 e. The normalized spacial score (nSPS) is 22.4. The predicted molar refractivity (Wildman–Crippen MR) is 110 cm³/mol. The van der Waals surface area contributed by atoms with Crippen molar-refractivity contribution in [3.8, 4) is 0 Å². The number of urea groups is 1. The SMILES string of the molecule is CCOC(=O)c1cn2nc(C3CNC(=O)NC3=O)cc([C@H]3C[C@@H]3c3ccc(F)cc3)c2n1. The van der Waals surface area contributed by atoms with Gasteiger partial charge in [-0.15, -0.1) is 0 Å². The number of hydrogen-bond donors (Lipinski definition) is 2. The lowest BCUT2D eigenvalue weighted by Gasteiger charge is -2.22. The maximum atomic E-state index is 13.3. The minimum absolute atomic E-state index is 0.0726. The molecule has 3 aromatic rings. The summed E-state index contributed by atoms with van der Waals surface area (Å²) in [6, 6.07) is 7.66. The topological polar surface area (TPSA) is 115 Å². The first kappa shape index (κ1) is 20.1. The van der Waals surface area contributed by atoms with Gasteiger partial charge < -0.3 is 10.1 Å². The summed E-state index contributed by atoms with van der Waals surface area (Å²) in [5.74, 6) is -1.73. The quantitative estimate of drug-likeness (QED) is 0.592. The molecule has 10 heteroatoms. The molecule has 2 fully saturated rings. The number of amides is 3. The highest BCUT2D eigenvalue weighted by Crippen LogP contribution is 2.55. The molecule has 2 aliphatic rings. The van der Waals surface area contributed by atoms with Crippen LogP contribution in [0, 0.1) is 5.82 Å². The second-order valence-corrected chi connectivity index (χ2v) is 7.89. The lowest BCUT2D eigenvalue weighted by atomic mass is 9.99. The van der Waals surface area contributed by atoms with Crippen molar-refractivity contribution in [2.24, 2.45) is 0 Å². The number of imidazole rings is 1. The Balaban J connectivity index is 1.56. The van der Waals surface area contributed by atoms with Crippen molar-refractivity contribution in [2.45, 2.75) is 31.1 Å². The Kier molecular flexibility index (Phi) is 4.84. The molecule has 164 valence electrons. The molecule has 1 aliphatic heterocycles. The monoisotopic (exact) mass is 437 g/mol. The molecule has 2 N–H and O–H groups in total. The fourth-order valence-electron chi connectivity index (χ4n) is 4.15. The van der Waals surface area contributed by atoms with Gasteiger partial charge in [-0.3, -0.25) is 10.1 Å². The number of hydrogen-bond acceptors (Lipinski definition) is 6. The summed E-state index contributed by atoms with van der Waals surface area (Å²) in [7, 11) is 0. The zero-order valence-corrected chi connectivity index (χ0v) is 17.2. The molecule has 5 rings (SSSR count). The molecule has 2 aromatic heterocycles. The first-order valence-electron chi connectivity index (χ1n) is 10.4. The van der Waals surface area contributed by atoms with Crippen LogP contribution < -0.4 is 10.6 Å². The highest BCUT2D eigenvalue weighted by atomic mass is 19.1. The van der Waals surface area contributed by atoms with E-state index in [-0.39, 0.29) is 36.5 Å². The van der Waals surface area contributed by atoms with E-state index in [1.165, 1.54) is 22.8 Å². The van der Waals surface area contributed by atoms with Crippen LogP contribution in [-0.2, 0) is 9.53 Å². The van der Waals surface area contributed by atoms with E-state index in [2.05, 4.69) is 20.7 Å². The Bertz CT molecular complexity index is 1240. The van der Waals surface area contributed by atoms with Crippen molar-refractivity contribution in [1.29, 1.82) is 0 Å². The van der Waals surface area contributed by atoms with E-state index in [4.69, 9.17) is 4.74 Å². The number of ether oxygens (including phenoxy) is 1. The van der Waals surface area contributed by atoms with Crippen LogP contribution in [0.2, 0.25) is 0 Å². The molecule has 1 saturated heterocycles. The van der Waals surface area contributed by atoms with Crippen LogP contribution in [0.4, 0.5) is 9.18 Å². The van der Waals surface area contributed by atoms with Gasteiger partial charge in [-0.2, -0.15) is 5.10 Å². The molecule has 0 bridgehead atoms. The lowest BCUT2D eigenvalue weighted by molar-refractivity contribution is -0.122. The first-order chi connectivity index (χ1) is 15.4. The number of halogens is 1. The second-order valence-electron chi connectivity index (χ2n) is 7.89. The molecule has 3 heterocycles. The van der Waals surface area contributed by atoms with Gasteiger partial charge in [-0.05, 0) is 48.9 Å². The molecule has 1 aliphatic carbocycles. The maximum Gasteiger partial charge on any atom is 0.358 e. The third-order valence-corrected chi connectivity index (χ3v) is 5.82. The zero-order valence-electron chi connectivity index (χ0n) is 17.2. The number of rotatable bonds is 5. The molecule has 1 unspecified atom stereocenters. The van der Waals surface area contributed by atoms with Crippen LogP contribution in [0.1, 0.15) is 58.4 Å². The molecule has 32 heavy (non-hydrogen) atoms. The van der Waals surface area contributed by atoms with Gasteiger partial charge >= 0.3 is 12.0 Å². The third kappa shape index (κ3) is 3.57. The van der Waals surface area contributed by atoms with Crippen molar-refractivity contribution in [3.05, 3.63) is 64.9 Å². The van der Waals surface area contributed by atoms with Gasteiger partial charge in [0.25, 0.3) is 0 Å². The predicted octanol–water partition coefficient (Wildman–Crippen LogP) is 2.24. The van der Waals surface area contributed by atoms with Crippen LogP contribution >= 0.6 is 0 Å². The van der Waals surface area contributed by atoms with Gasteiger partial charge in [-0.1, -0.05) is 12.1 Å². The van der Waals surface area contributed by atoms with Gasteiger partial charge in [0.2, 0.25) is 5.91 Å². The van der Waals surface area contributed by atoms with E-state index in [0.29, 0.717) is 11.3 Å². The van der Waals surface area contributed by atoms with Crippen LogP contribution in [0.3, 0.4) is 0 Å². The number of aromatic nitrogens is 3.